The molecule has 0 unspecified atom stereocenters. The van der Waals surface area contributed by atoms with Gasteiger partial charge < -0.3 is 0 Å². The van der Waals surface area contributed by atoms with Crippen LogP contribution < -0.4 is 40.2 Å². The van der Waals surface area contributed by atoms with Crippen molar-refractivity contribution in [2.24, 2.45) is 0 Å². The van der Waals surface area contributed by atoms with Crippen molar-refractivity contribution in [1.29, 1.82) is 0 Å². The predicted octanol–water partition coefficient (Wildman–Crippen LogP) is 9.28. The minimum atomic E-state index is -4.90. The first-order valence-electron chi connectivity index (χ1n) is 21.2. The van der Waals surface area contributed by atoms with Gasteiger partial charge in [0.15, 0.2) is 0 Å². The first kappa shape index (κ1) is 64.4. The molecule has 12 nitrogen and oxygen atoms in total. The van der Waals surface area contributed by atoms with E-state index in [1.165, 1.54) is 54.1 Å². The van der Waals surface area contributed by atoms with Crippen molar-refractivity contribution >= 4 is 86.7 Å². The summed E-state index contributed by atoms with van der Waals surface area (Å²) in [6, 6.07) is 84.5. The van der Waals surface area contributed by atoms with Crippen molar-refractivity contribution in [1.82, 2.24) is 0 Å². The van der Waals surface area contributed by atoms with E-state index in [0.29, 0.717) is 0 Å². The number of rotatable bonds is 10. The average molecular weight is 1290 g/mol. The van der Waals surface area contributed by atoms with Crippen LogP contribution in [0.5, 0.6) is 0 Å². The van der Waals surface area contributed by atoms with Crippen molar-refractivity contribution in [2.75, 3.05) is 0 Å². The Morgan fingerprint density at radius 1 is 0.324 bits per heavy atom. The maximum absolute atomic E-state index is 9.01. The second-order valence-corrected chi connectivity index (χ2v) is 32.9. The van der Waals surface area contributed by atoms with Gasteiger partial charge in [-0.25, -0.2) is 0 Å². The number of benzene rings is 8. The fourth-order valence-electron chi connectivity index (χ4n) is 7.47. The normalized spacial score (nSPS) is 11.4. The number of hydrogen-bond donors (Lipinski definition) is 2. The summed E-state index contributed by atoms with van der Waals surface area (Å²) in [5.41, 5.74) is 5.40. The minimum absolute atomic E-state index is 1.03. The van der Waals surface area contributed by atoms with E-state index < -0.39 is 63.0 Å². The molecule has 8 aromatic carbocycles. The van der Waals surface area contributed by atoms with Crippen LogP contribution in [-0.2, 0) is 91.5 Å². The Bertz CT molecular complexity index is 2850. The van der Waals surface area contributed by atoms with E-state index in [-0.39, 0.29) is 0 Å². The van der Waals surface area contributed by atoms with Crippen LogP contribution in [0.2, 0.25) is 0 Å². The molecule has 0 spiro atoms. The van der Waals surface area contributed by atoms with Crippen LogP contribution in [0.4, 0.5) is 0 Å². The third-order valence-electron chi connectivity index (χ3n) is 10.3. The van der Waals surface area contributed by atoms with Gasteiger partial charge in [0.1, 0.15) is 46.4 Å². The zero-order valence-electron chi connectivity index (χ0n) is 39.2. The van der Waals surface area contributed by atoms with Crippen LogP contribution in [0.3, 0.4) is 0 Å². The van der Waals surface area contributed by atoms with E-state index in [2.05, 4.69) is 285 Å². The molecule has 0 heterocycles. The molecule has 0 aliphatic heterocycles. The van der Waals surface area contributed by atoms with E-state index in [1.807, 2.05) is 0 Å². The van der Waals surface area contributed by atoms with Gasteiger partial charge in [0.25, 0.3) is 0 Å². The molecule has 0 atom stereocenters. The molecule has 0 radical (unpaired) electrons. The van der Waals surface area contributed by atoms with Gasteiger partial charge in [0.05, 0.1) is 12.3 Å². The summed E-state index contributed by atoms with van der Waals surface area (Å²) in [6.45, 7) is 4.30. The quantitative estimate of drug-likeness (QED) is 0.0966. The van der Waals surface area contributed by atoms with Gasteiger partial charge >= 0.3 is 136 Å². The molecular weight excluding hydrogens is 1240 g/mol. The molecule has 22 heteroatoms. The molecule has 0 saturated heterocycles. The zero-order valence-corrected chi connectivity index (χ0v) is 48.8. The standard InChI is InChI=1S/2C26H24P.4ClH.4Mn.2H2O.10O/c2*1-22-17-19-23(20-18-22)21-27(24-11-5-2-6-12-24,25-13-7-3-8-14-25)26-15-9-4-10-16-26;;;;;;;;;;;;;;;;;;;;/h2*2-20H,21H2,1H3;4*1H;;;;;2*1H2;;;;;;;;;;/q2*+1;;;;;2*+1;2*+2;;;;;;;;;;;2*-1/p-6. The molecule has 0 amide bonds. The van der Waals surface area contributed by atoms with Gasteiger partial charge in [0.2, 0.25) is 0 Å². The second kappa shape index (κ2) is 30.7. The van der Waals surface area contributed by atoms with Crippen LogP contribution >= 0.6 is 54.9 Å². The molecule has 8 aromatic rings. The number of halogens is 4. The van der Waals surface area contributed by atoms with E-state index in [9.17, 15) is 0 Å². The molecule has 0 bridgehead atoms. The van der Waals surface area contributed by atoms with Crippen LogP contribution in [-0.4, -0.2) is 8.38 Å². The van der Waals surface area contributed by atoms with Gasteiger partial charge in [-0.2, -0.15) is 0 Å². The fourth-order valence-corrected chi connectivity index (χ4v) is 16.0. The van der Waals surface area contributed by atoms with Crippen LogP contribution in [0.25, 0.3) is 0 Å². The van der Waals surface area contributed by atoms with Crippen LogP contribution in [0.1, 0.15) is 22.3 Å². The molecule has 0 fully saturated rings. The maximum atomic E-state index is 9.01. The fraction of sp³-hybridized carbons (Fsp3) is 0.0769. The third-order valence-corrected chi connectivity index (χ3v) is 19.0. The summed E-state index contributed by atoms with van der Waals surface area (Å²) in [5.74, 6) is 0. The number of aryl methyl sites for hydroxylation is 2. The van der Waals surface area contributed by atoms with E-state index in [0.717, 1.165) is 12.3 Å². The SMILES string of the molecule is Cc1ccc(C[P+](c2ccccc2)(c2ccccc2)c2ccccc2)cc1.Cc1ccc(C[P+](c2ccccc2)(c2ccccc2)c2ccccc2)cc1.[O]=[Mn](=[O])([O-])[Cl].[O]=[Mn](=[O])([O-])[Cl].[O]=[Mn](=[O])([OH])[Cl].[O]=[Mn](=[O])([OH])[Cl]. The van der Waals surface area contributed by atoms with Crippen molar-refractivity contribution in [3.63, 3.8) is 0 Å². The molecule has 8 rings (SSSR count). The van der Waals surface area contributed by atoms with E-state index in [1.54, 1.807) is 0 Å². The summed E-state index contributed by atoms with van der Waals surface area (Å²) in [5, 5.41) is 8.60. The molecule has 2 N–H and O–H groups in total. The van der Waals surface area contributed by atoms with Crippen molar-refractivity contribution in [3.05, 3.63) is 253 Å². The second-order valence-electron chi connectivity index (χ2n) is 15.4. The van der Waals surface area contributed by atoms with Gasteiger partial charge in [0, 0.05) is 0 Å². The number of hydrogen-bond acceptors (Lipinski definition) is 10. The molecular formula is C52H50Cl4Mn4O12P2. The topological polar surface area (TPSA) is 223 Å². The van der Waals surface area contributed by atoms with Gasteiger partial charge in [-0.1, -0.05) is 169 Å². The zero-order chi connectivity index (χ0) is 55.1. The average Bonchev–Trinajstić information content (AvgIpc) is 3.34. The Labute approximate surface area is 457 Å². The summed E-state index contributed by atoms with van der Waals surface area (Å²) in [6.07, 6.45) is 2.07. The molecule has 0 saturated carbocycles. The van der Waals surface area contributed by atoms with Gasteiger partial charge in [-0.05, 0) is 97.8 Å². The third kappa shape index (κ3) is 25.3. The molecule has 0 aliphatic carbocycles. The summed E-state index contributed by atoms with van der Waals surface area (Å²) in [4.78, 5) is 0. The van der Waals surface area contributed by atoms with Gasteiger partial charge in [-0.15, -0.1) is 0 Å². The molecule has 74 heavy (non-hydrogen) atoms. The van der Waals surface area contributed by atoms with Crippen molar-refractivity contribution in [3.8, 4) is 0 Å². The molecule has 396 valence electrons. The van der Waals surface area contributed by atoms with Crippen molar-refractivity contribution in [2.45, 2.75) is 26.2 Å². The summed E-state index contributed by atoms with van der Waals surface area (Å²) in [7, 11) is 12.7. The van der Waals surface area contributed by atoms with Crippen LogP contribution in [0, 0.1) is 13.8 Å². The molecule has 0 aromatic heterocycles. The Kier molecular flexibility index (Phi) is 26.7. The Morgan fingerprint density at radius 2 is 0.459 bits per heavy atom. The first-order chi connectivity index (χ1) is 34.6. The van der Waals surface area contributed by atoms with Crippen molar-refractivity contribution < 1.29 is 95.9 Å². The van der Waals surface area contributed by atoms with Gasteiger partial charge in [-0.3, -0.25) is 0 Å². The monoisotopic (exact) mass is 1290 g/mol. The first-order valence-corrected chi connectivity index (χ1v) is 37.6. The summed E-state index contributed by atoms with van der Waals surface area (Å²) < 4.78 is 104. The predicted molar refractivity (Wildman–Crippen MR) is 273 cm³/mol. The molecule has 0 aliphatic rings. The Balaban J connectivity index is 0.000000287. The van der Waals surface area contributed by atoms with E-state index in [4.69, 9.17) is 47.4 Å². The van der Waals surface area contributed by atoms with E-state index >= 15 is 0 Å². The Morgan fingerprint density at radius 3 is 0.595 bits per heavy atom. The van der Waals surface area contributed by atoms with Crippen LogP contribution in [0.15, 0.2) is 231 Å². The Hall–Kier alpha value is -3.90. The summed E-state index contributed by atoms with van der Waals surface area (Å²) >= 11 is -19.1.